The highest BCUT2D eigenvalue weighted by Crippen LogP contribution is 2.22. The fourth-order valence-electron chi connectivity index (χ4n) is 2.49. The lowest BCUT2D eigenvalue weighted by molar-refractivity contribution is -0.127. The highest BCUT2D eigenvalue weighted by Gasteiger charge is 2.12. The lowest BCUT2D eigenvalue weighted by atomic mass is 10.1. The van der Waals surface area contributed by atoms with Gasteiger partial charge in [0.05, 0.1) is 5.75 Å². The molecular weight excluding hydrogens is 322 g/mol. The number of aryl methyl sites for hydroxylation is 2. The molecule has 0 bridgehead atoms. The number of amides is 1. The predicted octanol–water partition coefficient (Wildman–Crippen LogP) is 3.08. The van der Waals surface area contributed by atoms with Crippen molar-refractivity contribution in [2.24, 2.45) is 0 Å². The molecule has 0 aliphatic carbocycles. The minimum Gasteiger partial charge on any atom is -0.385 e. The summed E-state index contributed by atoms with van der Waals surface area (Å²) >= 11 is 1.47. The van der Waals surface area contributed by atoms with Crippen molar-refractivity contribution in [2.45, 2.75) is 25.4 Å². The monoisotopic (exact) mass is 347 g/mol. The van der Waals surface area contributed by atoms with Crippen molar-refractivity contribution in [3.8, 4) is 5.69 Å². The van der Waals surface area contributed by atoms with Gasteiger partial charge in [-0.1, -0.05) is 17.8 Å². The van der Waals surface area contributed by atoms with E-state index in [2.05, 4.69) is 37.0 Å². The third kappa shape index (κ3) is 5.11. The highest BCUT2D eigenvalue weighted by molar-refractivity contribution is 7.99. The van der Waals surface area contributed by atoms with Crippen molar-refractivity contribution in [3.05, 3.63) is 41.7 Å². The van der Waals surface area contributed by atoms with Gasteiger partial charge in [-0.15, -0.1) is 0 Å². The Balaban J connectivity index is 1.99. The van der Waals surface area contributed by atoms with Crippen LogP contribution in [0.2, 0.25) is 0 Å². The molecule has 0 saturated carbocycles. The van der Waals surface area contributed by atoms with Crippen LogP contribution in [0.4, 0.5) is 0 Å². The van der Waals surface area contributed by atoms with Gasteiger partial charge in [-0.3, -0.25) is 9.36 Å². The van der Waals surface area contributed by atoms with Crippen molar-refractivity contribution >= 4 is 17.7 Å². The normalized spacial score (nSPS) is 10.8. The van der Waals surface area contributed by atoms with Crippen molar-refractivity contribution in [3.63, 3.8) is 0 Å². The van der Waals surface area contributed by atoms with Gasteiger partial charge < -0.3 is 9.64 Å². The van der Waals surface area contributed by atoms with Crippen LogP contribution in [0, 0.1) is 13.8 Å². The van der Waals surface area contributed by atoms with E-state index in [1.165, 1.54) is 22.9 Å². The number of carbonyl (C=O) groups excluding carboxylic acids is 1. The zero-order valence-corrected chi connectivity index (χ0v) is 15.6. The van der Waals surface area contributed by atoms with Crippen LogP contribution in [-0.2, 0) is 9.53 Å². The molecule has 0 unspecified atom stereocenters. The van der Waals surface area contributed by atoms with E-state index in [1.807, 2.05) is 17.8 Å². The summed E-state index contributed by atoms with van der Waals surface area (Å²) in [7, 11) is 3.50. The Kier molecular flexibility index (Phi) is 6.87. The maximum atomic E-state index is 12.2. The number of imidazole rings is 1. The second kappa shape index (κ2) is 8.89. The van der Waals surface area contributed by atoms with Gasteiger partial charge >= 0.3 is 0 Å². The molecule has 2 aromatic rings. The molecule has 0 aliphatic heterocycles. The fourth-order valence-corrected chi connectivity index (χ4v) is 3.40. The van der Waals surface area contributed by atoms with Crippen LogP contribution in [0.1, 0.15) is 17.5 Å². The summed E-state index contributed by atoms with van der Waals surface area (Å²) in [5, 5.41) is 0.832. The van der Waals surface area contributed by atoms with E-state index in [1.54, 1.807) is 18.2 Å². The van der Waals surface area contributed by atoms with E-state index in [4.69, 9.17) is 4.74 Å². The van der Waals surface area contributed by atoms with Gasteiger partial charge in [-0.25, -0.2) is 4.98 Å². The maximum absolute atomic E-state index is 12.2. The van der Waals surface area contributed by atoms with Crippen LogP contribution in [0.15, 0.2) is 35.7 Å². The number of methoxy groups -OCH3 is 1. The Morgan fingerprint density at radius 2 is 2.00 bits per heavy atom. The minimum atomic E-state index is 0.103. The summed E-state index contributed by atoms with van der Waals surface area (Å²) in [5.74, 6) is 0.483. The van der Waals surface area contributed by atoms with Gasteiger partial charge in [0.1, 0.15) is 0 Å². The Morgan fingerprint density at radius 3 is 2.67 bits per heavy atom. The van der Waals surface area contributed by atoms with Gasteiger partial charge in [0.2, 0.25) is 5.91 Å². The Morgan fingerprint density at radius 1 is 1.29 bits per heavy atom. The molecule has 0 spiro atoms. The average Bonchev–Trinajstić information content (AvgIpc) is 3.00. The van der Waals surface area contributed by atoms with E-state index in [9.17, 15) is 4.79 Å². The lowest BCUT2D eigenvalue weighted by Gasteiger charge is -2.16. The second-order valence-electron chi connectivity index (χ2n) is 5.88. The molecule has 0 saturated heterocycles. The summed E-state index contributed by atoms with van der Waals surface area (Å²) in [4.78, 5) is 18.4. The summed E-state index contributed by atoms with van der Waals surface area (Å²) in [6.07, 6.45) is 4.55. The lowest BCUT2D eigenvalue weighted by Crippen LogP contribution is -2.29. The molecule has 24 heavy (non-hydrogen) atoms. The quantitative estimate of drug-likeness (QED) is 0.544. The Bertz CT molecular complexity index is 664. The van der Waals surface area contributed by atoms with Gasteiger partial charge in [0, 0.05) is 45.4 Å². The van der Waals surface area contributed by atoms with Crippen molar-refractivity contribution in [2.75, 3.05) is 33.1 Å². The molecule has 1 aromatic carbocycles. The number of nitrogens with zero attached hydrogens (tertiary/aromatic N) is 3. The number of benzene rings is 1. The molecule has 0 aliphatic rings. The van der Waals surface area contributed by atoms with Gasteiger partial charge in [0.15, 0.2) is 5.16 Å². The number of hydrogen-bond acceptors (Lipinski definition) is 4. The standard InChI is InChI=1S/C18H25N3O2S/c1-14-10-15(2)12-16(11-14)21-8-6-19-18(21)24-13-17(22)20(3)7-5-9-23-4/h6,8,10-12H,5,7,9,13H2,1-4H3. The van der Waals surface area contributed by atoms with Gasteiger partial charge in [-0.05, 0) is 43.5 Å². The highest BCUT2D eigenvalue weighted by atomic mass is 32.2. The number of ether oxygens (including phenoxy) is 1. The molecular formula is C18H25N3O2S. The molecule has 1 heterocycles. The van der Waals surface area contributed by atoms with Crippen LogP contribution in [-0.4, -0.2) is 53.4 Å². The number of hydrogen-bond donors (Lipinski definition) is 0. The number of rotatable bonds is 8. The minimum absolute atomic E-state index is 0.103. The van der Waals surface area contributed by atoms with E-state index in [-0.39, 0.29) is 5.91 Å². The smallest absolute Gasteiger partial charge is 0.232 e. The molecule has 0 N–H and O–H groups in total. The summed E-state index contributed by atoms with van der Waals surface area (Å²) in [5.41, 5.74) is 3.50. The van der Waals surface area contributed by atoms with Gasteiger partial charge in [-0.2, -0.15) is 0 Å². The first-order chi connectivity index (χ1) is 11.5. The van der Waals surface area contributed by atoms with Gasteiger partial charge in [0.25, 0.3) is 0 Å². The van der Waals surface area contributed by atoms with E-state index in [0.717, 1.165) is 17.3 Å². The number of aromatic nitrogens is 2. The first-order valence-electron chi connectivity index (χ1n) is 7.99. The number of thioether (sulfide) groups is 1. The van der Waals surface area contributed by atoms with Crippen molar-refractivity contribution in [1.29, 1.82) is 0 Å². The van der Waals surface area contributed by atoms with Crippen LogP contribution in [0.3, 0.4) is 0 Å². The zero-order valence-electron chi connectivity index (χ0n) is 14.8. The second-order valence-corrected chi connectivity index (χ2v) is 6.82. The van der Waals surface area contributed by atoms with E-state index < -0.39 is 0 Å². The summed E-state index contributed by atoms with van der Waals surface area (Å²) in [6.45, 7) is 5.54. The zero-order chi connectivity index (χ0) is 17.5. The topological polar surface area (TPSA) is 47.4 Å². The SMILES string of the molecule is COCCCN(C)C(=O)CSc1nccn1-c1cc(C)cc(C)c1. The summed E-state index contributed by atoms with van der Waals surface area (Å²) < 4.78 is 7.05. The average molecular weight is 347 g/mol. The molecule has 0 fully saturated rings. The molecule has 0 atom stereocenters. The third-order valence-electron chi connectivity index (χ3n) is 3.68. The van der Waals surface area contributed by atoms with Crippen LogP contribution < -0.4 is 0 Å². The molecule has 6 heteroatoms. The molecule has 1 amide bonds. The maximum Gasteiger partial charge on any atom is 0.232 e. The molecule has 1 aromatic heterocycles. The molecule has 2 rings (SSSR count). The first kappa shape index (κ1) is 18.5. The predicted molar refractivity (Wildman–Crippen MR) is 97.9 cm³/mol. The molecule has 5 nitrogen and oxygen atoms in total. The van der Waals surface area contributed by atoms with Crippen molar-refractivity contribution in [1.82, 2.24) is 14.5 Å². The summed E-state index contributed by atoms with van der Waals surface area (Å²) in [6, 6.07) is 6.39. The fraction of sp³-hybridized carbons (Fsp3) is 0.444. The van der Waals surface area contributed by atoms with Crippen LogP contribution in [0.5, 0.6) is 0 Å². The Hall–Kier alpha value is -1.79. The van der Waals surface area contributed by atoms with E-state index in [0.29, 0.717) is 18.9 Å². The third-order valence-corrected chi connectivity index (χ3v) is 4.64. The number of carbonyl (C=O) groups is 1. The van der Waals surface area contributed by atoms with E-state index >= 15 is 0 Å². The Labute approximate surface area is 148 Å². The largest absolute Gasteiger partial charge is 0.385 e. The first-order valence-corrected chi connectivity index (χ1v) is 8.97. The van der Waals surface area contributed by atoms with Crippen molar-refractivity contribution < 1.29 is 9.53 Å². The van der Waals surface area contributed by atoms with Crippen LogP contribution in [0.25, 0.3) is 5.69 Å². The molecule has 130 valence electrons. The van der Waals surface area contributed by atoms with Crippen LogP contribution >= 0.6 is 11.8 Å². The molecule has 0 radical (unpaired) electrons.